The van der Waals surface area contributed by atoms with Crippen molar-refractivity contribution in [2.75, 3.05) is 13.2 Å². The second kappa shape index (κ2) is 7.14. The van der Waals surface area contributed by atoms with Crippen LogP contribution in [0.2, 0.25) is 0 Å². The van der Waals surface area contributed by atoms with E-state index in [4.69, 9.17) is 9.84 Å². The van der Waals surface area contributed by atoms with Crippen LogP contribution in [-0.2, 0) is 6.54 Å². The molecular formula is C13H21NO3. The van der Waals surface area contributed by atoms with Gasteiger partial charge in [0.05, 0.1) is 6.61 Å². The van der Waals surface area contributed by atoms with Gasteiger partial charge in [-0.2, -0.15) is 0 Å². The lowest BCUT2D eigenvalue weighted by Crippen LogP contribution is -2.26. The first-order valence-corrected chi connectivity index (χ1v) is 5.96. The number of aliphatic hydroxyl groups is 1. The lowest BCUT2D eigenvalue weighted by Gasteiger charge is -2.14. The molecule has 4 heteroatoms. The predicted octanol–water partition coefficient (Wildman–Crippen LogP) is 1.65. The van der Waals surface area contributed by atoms with Crippen molar-refractivity contribution in [3.63, 3.8) is 0 Å². The largest absolute Gasteiger partial charge is 0.508 e. The van der Waals surface area contributed by atoms with Gasteiger partial charge in [-0.15, -0.1) is 0 Å². The summed E-state index contributed by atoms with van der Waals surface area (Å²) in [5.74, 6) is 1.02. The van der Waals surface area contributed by atoms with Crippen LogP contribution < -0.4 is 10.1 Å². The second-order valence-corrected chi connectivity index (χ2v) is 4.02. The van der Waals surface area contributed by atoms with Gasteiger partial charge in [0.15, 0.2) is 0 Å². The average molecular weight is 239 g/mol. The molecule has 3 N–H and O–H groups in total. The first-order chi connectivity index (χ1) is 8.17. The molecule has 0 saturated heterocycles. The van der Waals surface area contributed by atoms with Crippen LogP contribution >= 0.6 is 0 Å². The Kier molecular flexibility index (Phi) is 5.80. The third-order valence-electron chi connectivity index (χ3n) is 2.57. The van der Waals surface area contributed by atoms with Crippen molar-refractivity contribution in [1.29, 1.82) is 0 Å². The fraction of sp³-hybridized carbons (Fsp3) is 0.538. The summed E-state index contributed by atoms with van der Waals surface area (Å²) >= 11 is 0. The molecular weight excluding hydrogens is 218 g/mol. The third-order valence-corrected chi connectivity index (χ3v) is 2.57. The highest BCUT2D eigenvalue weighted by Gasteiger charge is 2.06. The smallest absolute Gasteiger partial charge is 0.120 e. The van der Waals surface area contributed by atoms with E-state index in [0.717, 1.165) is 11.3 Å². The molecule has 1 aromatic rings. The molecule has 96 valence electrons. The van der Waals surface area contributed by atoms with E-state index in [9.17, 15) is 5.11 Å². The van der Waals surface area contributed by atoms with Gasteiger partial charge in [-0.05, 0) is 38.5 Å². The Balaban J connectivity index is 2.59. The van der Waals surface area contributed by atoms with Crippen LogP contribution in [0, 0.1) is 0 Å². The first kappa shape index (κ1) is 13.8. The lowest BCUT2D eigenvalue weighted by atomic mass is 10.1. The number of aliphatic hydroxyl groups excluding tert-OH is 1. The van der Waals surface area contributed by atoms with Crippen LogP contribution in [0.4, 0.5) is 0 Å². The summed E-state index contributed by atoms with van der Waals surface area (Å²) in [4.78, 5) is 0. The average Bonchev–Trinajstić information content (AvgIpc) is 2.30. The van der Waals surface area contributed by atoms with Gasteiger partial charge >= 0.3 is 0 Å². The number of nitrogens with one attached hydrogen (secondary N) is 1. The fourth-order valence-electron chi connectivity index (χ4n) is 1.54. The Labute approximate surface area is 102 Å². The van der Waals surface area contributed by atoms with Crippen molar-refractivity contribution >= 4 is 0 Å². The Morgan fingerprint density at radius 2 is 2.18 bits per heavy atom. The van der Waals surface area contributed by atoms with Gasteiger partial charge < -0.3 is 20.3 Å². The molecule has 0 aliphatic heterocycles. The SMILES string of the molecule is CCOc1ccc(O)c(CNC(C)CCO)c1. The third kappa shape index (κ3) is 4.63. The summed E-state index contributed by atoms with van der Waals surface area (Å²) in [6.07, 6.45) is 0.700. The summed E-state index contributed by atoms with van der Waals surface area (Å²) in [6.45, 7) is 5.26. The van der Waals surface area contributed by atoms with E-state index in [1.54, 1.807) is 12.1 Å². The van der Waals surface area contributed by atoms with Gasteiger partial charge in [-0.1, -0.05) is 0 Å². The molecule has 4 nitrogen and oxygen atoms in total. The summed E-state index contributed by atoms with van der Waals surface area (Å²) < 4.78 is 5.38. The highest BCUT2D eigenvalue weighted by Crippen LogP contribution is 2.23. The monoisotopic (exact) mass is 239 g/mol. The summed E-state index contributed by atoms with van der Waals surface area (Å²) in [6, 6.07) is 5.44. The minimum Gasteiger partial charge on any atom is -0.508 e. The maximum Gasteiger partial charge on any atom is 0.120 e. The Morgan fingerprint density at radius 3 is 2.82 bits per heavy atom. The molecule has 0 aliphatic rings. The maximum absolute atomic E-state index is 9.70. The highest BCUT2D eigenvalue weighted by atomic mass is 16.5. The number of aromatic hydroxyl groups is 1. The minimum atomic E-state index is 0.166. The zero-order valence-corrected chi connectivity index (χ0v) is 10.4. The van der Waals surface area contributed by atoms with Crippen LogP contribution in [-0.4, -0.2) is 29.5 Å². The molecule has 0 saturated carbocycles. The Morgan fingerprint density at radius 1 is 1.41 bits per heavy atom. The number of phenolic OH excluding ortho intramolecular Hbond substituents is 1. The fourth-order valence-corrected chi connectivity index (χ4v) is 1.54. The molecule has 0 radical (unpaired) electrons. The van der Waals surface area contributed by atoms with Crippen LogP contribution in [0.1, 0.15) is 25.8 Å². The zero-order valence-electron chi connectivity index (χ0n) is 10.4. The zero-order chi connectivity index (χ0) is 12.7. The lowest BCUT2D eigenvalue weighted by molar-refractivity contribution is 0.268. The molecule has 0 bridgehead atoms. The molecule has 0 heterocycles. The van der Waals surface area contributed by atoms with Gasteiger partial charge in [0.2, 0.25) is 0 Å². The molecule has 0 fully saturated rings. The van der Waals surface area contributed by atoms with E-state index in [2.05, 4.69) is 5.32 Å². The molecule has 0 amide bonds. The van der Waals surface area contributed by atoms with Gasteiger partial charge in [-0.3, -0.25) is 0 Å². The minimum absolute atomic E-state index is 0.166. The van der Waals surface area contributed by atoms with E-state index in [1.807, 2.05) is 19.9 Å². The Bertz CT molecular complexity index is 341. The van der Waals surface area contributed by atoms with E-state index in [-0.39, 0.29) is 18.4 Å². The molecule has 0 spiro atoms. The van der Waals surface area contributed by atoms with Crippen molar-refractivity contribution in [2.45, 2.75) is 32.9 Å². The molecule has 1 aromatic carbocycles. The van der Waals surface area contributed by atoms with E-state index in [0.29, 0.717) is 19.6 Å². The number of hydrogen-bond acceptors (Lipinski definition) is 4. The number of benzene rings is 1. The summed E-state index contributed by atoms with van der Waals surface area (Å²) in [5.41, 5.74) is 0.806. The number of rotatable bonds is 7. The van der Waals surface area contributed by atoms with E-state index < -0.39 is 0 Å². The van der Waals surface area contributed by atoms with Crippen molar-refractivity contribution in [1.82, 2.24) is 5.32 Å². The summed E-state index contributed by atoms with van der Waals surface area (Å²) in [5, 5.41) is 21.7. The van der Waals surface area contributed by atoms with Crippen molar-refractivity contribution in [2.24, 2.45) is 0 Å². The quantitative estimate of drug-likeness (QED) is 0.677. The molecule has 17 heavy (non-hydrogen) atoms. The van der Waals surface area contributed by atoms with Crippen LogP contribution in [0.15, 0.2) is 18.2 Å². The number of hydrogen-bond donors (Lipinski definition) is 3. The van der Waals surface area contributed by atoms with Gasteiger partial charge in [0.25, 0.3) is 0 Å². The standard InChI is InChI=1S/C13H21NO3/c1-3-17-12-4-5-13(16)11(8-12)9-14-10(2)6-7-15/h4-5,8,10,14-16H,3,6-7,9H2,1-2H3. The Hall–Kier alpha value is -1.26. The molecule has 1 rings (SSSR count). The predicted molar refractivity (Wildman–Crippen MR) is 67.3 cm³/mol. The van der Waals surface area contributed by atoms with Gasteiger partial charge in [0.1, 0.15) is 11.5 Å². The van der Waals surface area contributed by atoms with Gasteiger partial charge in [-0.25, -0.2) is 0 Å². The normalized spacial score (nSPS) is 12.4. The maximum atomic E-state index is 9.70. The molecule has 1 unspecified atom stereocenters. The number of phenols is 1. The van der Waals surface area contributed by atoms with Crippen LogP contribution in [0.5, 0.6) is 11.5 Å². The molecule has 0 aliphatic carbocycles. The van der Waals surface area contributed by atoms with Crippen LogP contribution in [0.3, 0.4) is 0 Å². The topological polar surface area (TPSA) is 61.7 Å². The highest BCUT2D eigenvalue weighted by molar-refractivity contribution is 5.39. The molecule has 0 aromatic heterocycles. The number of ether oxygens (including phenoxy) is 1. The molecule has 1 atom stereocenters. The van der Waals surface area contributed by atoms with E-state index >= 15 is 0 Å². The van der Waals surface area contributed by atoms with Crippen molar-refractivity contribution in [3.8, 4) is 11.5 Å². The first-order valence-electron chi connectivity index (χ1n) is 5.96. The van der Waals surface area contributed by atoms with E-state index in [1.165, 1.54) is 0 Å². The second-order valence-electron chi connectivity index (χ2n) is 4.02. The van der Waals surface area contributed by atoms with Crippen LogP contribution in [0.25, 0.3) is 0 Å². The van der Waals surface area contributed by atoms with Crippen molar-refractivity contribution in [3.05, 3.63) is 23.8 Å². The summed E-state index contributed by atoms with van der Waals surface area (Å²) in [7, 11) is 0. The van der Waals surface area contributed by atoms with Gasteiger partial charge in [0, 0.05) is 24.8 Å². The van der Waals surface area contributed by atoms with Crippen molar-refractivity contribution < 1.29 is 14.9 Å².